The molecule has 1 aromatic carbocycles. The minimum absolute atomic E-state index is 0.130. The number of aliphatic hydroxyl groups is 1. The predicted molar refractivity (Wildman–Crippen MR) is 97.6 cm³/mol. The third-order valence-electron chi connectivity index (χ3n) is 4.99. The van der Waals surface area contributed by atoms with Crippen LogP contribution in [0.15, 0.2) is 30.3 Å². The Balaban J connectivity index is 1.64. The van der Waals surface area contributed by atoms with Gasteiger partial charge in [0.1, 0.15) is 0 Å². The zero-order valence-corrected chi connectivity index (χ0v) is 15.1. The van der Waals surface area contributed by atoms with Gasteiger partial charge in [0, 0.05) is 17.8 Å². The molecule has 2 aromatic rings. The molecule has 1 fully saturated rings. The monoisotopic (exact) mass is 341 g/mol. The summed E-state index contributed by atoms with van der Waals surface area (Å²) in [6, 6.07) is 9.65. The summed E-state index contributed by atoms with van der Waals surface area (Å²) in [5.74, 6) is -0.130. The molecule has 0 saturated heterocycles. The molecule has 0 spiro atoms. The summed E-state index contributed by atoms with van der Waals surface area (Å²) >= 11 is 0. The van der Waals surface area contributed by atoms with E-state index in [4.69, 9.17) is 0 Å². The highest BCUT2D eigenvalue weighted by Gasteiger charge is 2.29. The van der Waals surface area contributed by atoms with Crippen molar-refractivity contribution in [3.63, 3.8) is 0 Å². The standard InChI is InChI=1S/C20H27N3O2/c1-15-11-16(2)23(22-15)13-17-7-6-8-18(12-17)19(24)21-14-20(25)9-4-3-5-10-20/h6-8,11-12,25H,3-5,9-10,13-14H2,1-2H3,(H,21,24). The Morgan fingerprint density at radius 1 is 1.24 bits per heavy atom. The topological polar surface area (TPSA) is 67.2 Å². The first-order valence-electron chi connectivity index (χ1n) is 9.06. The number of benzene rings is 1. The number of aromatic nitrogens is 2. The van der Waals surface area contributed by atoms with Crippen molar-refractivity contribution in [3.8, 4) is 0 Å². The summed E-state index contributed by atoms with van der Waals surface area (Å²) in [4.78, 5) is 12.5. The molecule has 1 aliphatic carbocycles. The van der Waals surface area contributed by atoms with E-state index in [-0.39, 0.29) is 5.91 Å². The average molecular weight is 341 g/mol. The Labute approximate surface area is 149 Å². The lowest BCUT2D eigenvalue weighted by Gasteiger charge is -2.32. The van der Waals surface area contributed by atoms with Crippen LogP contribution in [0.25, 0.3) is 0 Å². The van der Waals surface area contributed by atoms with Crippen LogP contribution in [0.3, 0.4) is 0 Å². The van der Waals surface area contributed by atoms with E-state index >= 15 is 0 Å². The maximum Gasteiger partial charge on any atom is 0.251 e. The lowest BCUT2D eigenvalue weighted by atomic mass is 9.85. The Morgan fingerprint density at radius 3 is 2.68 bits per heavy atom. The number of carbonyl (C=O) groups is 1. The summed E-state index contributed by atoms with van der Waals surface area (Å²) in [7, 11) is 0. The molecule has 0 atom stereocenters. The van der Waals surface area contributed by atoms with Gasteiger partial charge in [-0.25, -0.2) is 0 Å². The molecule has 0 aliphatic heterocycles. The van der Waals surface area contributed by atoms with Crippen molar-refractivity contribution in [2.75, 3.05) is 6.54 Å². The quantitative estimate of drug-likeness (QED) is 0.878. The number of rotatable bonds is 5. The number of hydrogen-bond acceptors (Lipinski definition) is 3. The largest absolute Gasteiger partial charge is 0.388 e. The van der Waals surface area contributed by atoms with Crippen LogP contribution in [-0.4, -0.2) is 32.9 Å². The van der Waals surface area contributed by atoms with E-state index in [0.717, 1.165) is 42.6 Å². The zero-order chi connectivity index (χ0) is 17.9. The first-order chi connectivity index (χ1) is 12.0. The van der Waals surface area contributed by atoms with Gasteiger partial charge in [-0.2, -0.15) is 5.10 Å². The van der Waals surface area contributed by atoms with Gasteiger partial charge in [0.2, 0.25) is 0 Å². The van der Waals surface area contributed by atoms with Crippen LogP contribution in [0.5, 0.6) is 0 Å². The zero-order valence-electron chi connectivity index (χ0n) is 15.1. The molecular weight excluding hydrogens is 314 g/mol. The molecule has 3 rings (SSSR count). The minimum Gasteiger partial charge on any atom is -0.388 e. The number of hydrogen-bond donors (Lipinski definition) is 2. The van der Waals surface area contributed by atoms with Crippen LogP contribution in [0.4, 0.5) is 0 Å². The SMILES string of the molecule is Cc1cc(C)n(Cc2cccc(C(=O)NCC3(O)CCCCC3)c2)n1. The number of carbonyl (C=O) groups excluding carboxylic acids is 1. The van der Waals surface area contributed by atoms with Crippen molar-refractivity contribution >= 4 is 5.91 Å². The second-order valence-corrected chi connectivity index (χ2v) is 7.25. The summed E-state index contributed by atoms with van der Waals surface area (Å²) < 4.78 is 1.94. The van der Waals surface area contributed by atoms with Crippen molar-refractivity contribution < 1.29 is 9.90 Å². The van der Waals surface area contributed by atoms with Crippen LogP contribution < -0.4 is 5.32 Å². The lowest BCUT2D eigenvalue weighted by molar-refractivity contribution is 0.00525. The summed E-state index contributed by atoms with van der Waals surface area (Å²) in [6.07, 6.45) is 4.77. The molecule has 1 aliphatic rings. The van der Waals surface area contributed by atoms with E-state index in [1.54, 1.807) is 0 Å². The van der Waals surface area contributed by atoms with Gasteiger partial charge in [-0.05, 0) is 50.5 Å². The smallest absolute Gasteiger partial charge is 0.251 e. The van der Waals surface area contributed by atoms with Gasteiger partial charge in [-0.3, -0.25) is 9.48 Å². The van der Waals surface area contributed by atoms with Crippen molar-refractivity contribution in [3.05, 3.63) is 52.8 Å². The van der Waals surface area contributed by atoms with Crippen molar-refractivity contribution in [1.82, 2.24) is 15.1 Å². The molecule has 0 unspecified atom stereocenters. The van der Waals surface area contributed by atoms with Gasteiger partial charge in [0.15, 0.2) is 0 Å². The molecule has 0 bridgehead atoms. The fraction of sp³-hybridized carbons (Fsp3) is 0.500. The van der Waals surface area contributed by atoms with E-state index in [0.29, 0.717) is 18.7 Å². The maximum atomic E-state index is 12.5. The number of aryl methyl sites for hydroxylation is 2. The second kappa shape index (κ2) is 7.40. The fourth-order valence-electron chi connectivity index (χ4n) is 3.55. The molecule has 1 heterocycles. The van der Waals surface area contributed by atoms with Gasteiger partial charge in [0.05, 0.1) is 17.8 Å². The van der Waals surface area contributed by atoms with Crippen LogP contribution in [0, 0.1) is 13.8 Å². The van der Waals surface area contributed by atoms with Gasteiger partial charge in [-0.15, -0.1) is 0 Å². The van der Waals surface area contributed by atoms with Gasteiger partial charge in [0.25, 0.3) is 5.91 Å². The van der Waals surface area contributed by atoms with E-state index in [1.807, 2.05) is 48.9 Å². The van der Waals surface area contributed by atoms with Crippen LogP contribution in [-0.2, 0) is 6.54 Å². The molecule has 25 heavy (non-hydrogen) atoms. The van der Waals surface area contributed by atoms with E-state index in [2.05, 4.69) is 10.4 Å². The highest BCUT2D eigenvalue weighted by Crippen LogP contribution is 2.27. The normalized spacial score (nSPS) is 16.6. The Kier molecular flexibility index (Phi) is 5.23. The predicted octanol–water partition coefficient (Wildman–Crippen LogP) is 2.97. The Hall–Kier alpha value is -2.14. The number of nitrogens with one attached hydrogen (secondary N) is 1. The Bertz CT molecular complexity index is 745. The highest BCUT2D eigenvalue weighted by atomic mass is 16.3. The van der Waals surface area contributed by atoms with Crippen molar-refractivity contribution in [2.24, 2.45) is 0 Å². The molecule has 1 amide bonds. The summed E-state index contributed by atoms with van der Waals surface area (Å²) in [5, 5.41) is 17.9. The summed E-state index contributed by atoms with van der Waals surface area (Å²) in [6.45, 7) is 4.98. The first-order valence-corrected chi connectivity index (χ1v) is 9.06. The van der Waals surface area contributed by atoms with Gasteiger partial charge >= 0.3 is 0 Å². The van der Waals surface area contributed by atoms with Crippen LogP contribution >= 0.6 is 0 Å². The van der Waals surface area contributed by atoms with Crippen molar-refractivity contribution in [1.29, 1.82) is 0 Å². The summed E-state index contributed by atoms with van der Waals surface area (Å²) in [5.41, 5.74) is 3.02. The van der Waals surface area contributed by atoms with Gasteiger partial charge in [-0.1, -0.05) is 31.4 Å². The minimum atomic E-state index is -0.741. The number of nitrogens with zero attached hydrogens (tertiary/aromatic N) is 2. The average Bonchev–Trinajstić information content (AvgIpc) is 2.91. The van der Waals surface area contributed by atoms with Gasteiger partial charge < -0.3 is 10.4 Å². The molecular formula is C20H27N3O2. The third-order valence-corrected chi connectivity index (χ3v) is 4.99. The maximum absolute atomic E-state index is 12.5. The molecule has 0 radical (unpaired) electrons. The lowest BCUT2D eigenvalue weighted by Crippen LogP contribution is -2.44. The van der Waals surface area contributed by atoms with Crippen LogP contribution in [0.2, 0.25) is 0 Å². The first kappa shape index (κ1) is 17.7. The molecule has 5 heteroatoms. The Morgan fingerprint density at radius 2 is 2.00 bits per heavy atom. The molecule has 134 valence electrons. The van der Waals surface area contributed by atoms with E-state index < -0.39 is 5.60 Å². The highest BCUT2D eigenvalue weighted by molar-refractivity contribution is 5.94. The fourth-order valence-corrected chi connectivity index (χ4v) is 3.55. The van der Waals surface area contributed by atoms with Crippen molar-refractivity contribution in [2.45, 2.75) is 58.1 Å². The number of amides is 1. The molecule has 2 N–H and O–H groups in total. The van der Waals surface area contributed by atoms with E-state index in [9.17, 15) is 9.90 Å². The van der Waals surface area contributed by atoms with E-state index in [1.165, 1.54) is 6.42 Å². The molecule has 1 saturated carbocycles. The second-order valence-electron chi connectivity index (χ2n) is 7.25. The van der Waals surface area contributed by atoms with Crippen LogP contribution in [0.1, 0.15) is 59.4 Å². The third kappa shape index (κ3) is 4.48. The molecule has 5 nitrogen and oxygen atoms in total. The molecule has 1 aromatic heterocycles.